The van der Waals surface area contributed by atoms with Crippen molar-refractivity contribution in [2.75, 3.05) is 0 Å². The Morgan fingerprint density at radius 3 is 2.12 bits per heavy atom. The van der Waals surface area contributed by atoms with Gasteiger partial charge in [0.1, 0.15) is 0 Å². The SMILES string of the molecule is CC(CC(=O)O)CC(=O)NC(C)(C)C(C)O. The molecule has 94 valence electrons. The molecule has 0 aromatic heterocycles. The fourth-order valence-electron chi connectivity index (χ4n) is 1.20. The van der Waals surface area contributed by atoms with Gasteiger partial charge in [0.25, 0.3) is 0 Å². The van der Waals surface area contributed by atoms with Gasteiger partial charge in [-0.15, -0.1) is 0 Å². The van der Waals surface area contributed by atoms with Crippen LogP contribution in [0.1, 0.15) is 40.5 Å². The summed E-state index contributed by atoms with van der Waals surface area (Å²) in [7, 11) is 0. The van der Waals surface area contributed by atoms with Crippen LogP contribution in [0, 0.1) is 5.92 Å². The second kappa shape index (κ2) is 5.84. The van der Waals surface area contributed by atoms with Crippen molar-refractivity contribution in [3.05, 3.63) is 0 Å². The van der Waals surface area contributed by atoms with Gasteiger partial charge in [0.2, 0.25) is 5.91 Å². The third-order valence-electron chi connectivity index (χ3n) is 2.56. The highest BCUT2D eigenvalue weighted by Gasteiger charge is 2.26. The maximum absolute atomic E-state index is 11.5. The van der Waals surface area contributed by atoms with Crippen molar-refractivity contribution in [3.63, 3.8) is 0 Å². The van der Waals surface area contributed by atoms with Gasteiger partial charge < -0.3 is 15.5 Å². The number of carboxylic acid groups (broad SMARTS) is 1. The molecule has 0 rings (SSSR count). The zero-order valence-corrected chi connectivity index (χ0v) is 10.3. The molecule has 2 atom stereocenters. The molecule has 0 fully saturated rings. The van der Waals surface area contributed by atoms with Gasteiger partial charge in [-0.1, -0.05) is 6.92 Å². The number of rotatable bonds is 6. The zero-order chi connectivity index (χ0) is 12.9. The lowest BCUT2D eigenvalue weighted by Crippen LogP contribution is -2.51. The molecule has 0 saturated heterocycles. The summed E-state index contributed by atoms with van der Waals surface area (Å²) in [6, 6.07) is 0. The Hall–Kier alpha value is -1.10. The van der Waals surface area contributed by atoms with E-state index in [2.05, 4.69) is 5.32 Å². The van der Waals surface area contributed by atoms with Crippen molar-refractivity contribution in [2.24, 2.45) is 5.92 Å². The van der Waals surface area contributed by atoms with E-state index in [0.717, 1.165) is 0 Å². The zero-order valence-electron chi connectivity index (χ0n) is 10.3. The van der Waals surface area contributed by atoms with Gasteiger partial charge in [0, 0.05) is 12.8 Å². The number of hydrogen-bond donors (Lipinski definition) is 3. The van der Waals surface area contributed by atoms with Crippen molar-refractivity contribution < 1.29 is 19.8 Å². The third-order valence-corrected chi connectivity index (χ3v) is 2.56. The summed E-state index contributed by atoms with van der Waals surface area (Å²) in [6.07, 6.45) is -0.531. The topological polar surface area (TPSA) is 86.6 Å². The Kier molecular flexibility index (Phi) is 5.44. The Labute approximate surface area is 95.9 Å². The number of aliphatic carboxylic acids is 1. The minimum absolute atomic E-state index is 0.0253. The second-order valence-electron chi connectivity index (χ2n) is 4.85. The first kappa shape index (κ1) is 14.9. The highest BCUT2D eigenvalue weighted by atomic mass is 16.4. The summed E-state index contributed by atoms with van der Waals surface area (Å²) in [4.78, 5) is 22.0. The highest BCUT2D eigenvalue weighted by Crippen LogP contribution is 2.12. The molecule has 0 aliphatic carbocycles. The average molecular weight is 231 g/mol. The van der Waals surface area contributed by atoms with Crippen LogP contribution in [0.2, 0.25) is 0 Å². The lowest BCUT2D eigenvalue weighted by atomic mass is 9.97. The maximum atomic E-state index is 11.5. The summed E-state index contributed by atoms with van der Waals surface area (Å²) >= 11 is 0. The smallest absolute Gasteiger partial charge is 0.303 e. The first-order valence-corrected chi connectivity index (χ1v) is 5.36. The van der Waals surface area contributed by atoms with Gasteiger partial charge >= 0.3 is 5.97 Å². The van der Waals surface area contributed by atoms with E-state index in [9.17, 15) is 14.7 Å². The molecule has 0 bridgehead atoms. The van der Waals surface area contributed by atoms with E-state index < -0.39 is 17.6 Å². The number of aliphatic hydroxyl groups is 1. The van der Waals surface area contributed by atoms with Crippen LogP contribution in [0.4, 0.5) is 0 Å². The molecule has 0 saturated carbocycles. The standard InChI is InChI=1S/C11H21NO4/c1-7(6-10(15)16)5-9(14)12-11(3,4)8(2)13/h7-8,13H,5-6H2,1-4H3,(H,12,14)(H,15,16). The molecule has 1 amide bonds. The van der Waals surface area contributed by atoms with Crippen LogP contribution >= 0.6 is 0 Å². The molecule has 0 radical (unpaired) electrons. The number of nitrogens with one attached hydrogen (secondary N) is 1. The average Bonchev–Trinajstić information content (AvgIpc) is 1.99. The second-order valence-corrected chi connectivity index (χ2v) is 4.85. The molecular formula is C11H21NO4. The van der Waals surface area contributed by atoms with E-state index in [4.69, 9.17) is 5.11 Å². The van der Waals surface area contributed by atoms with Crippen molar-refractivity contribution >= 4 is 11.9 Å². The molecule has 5 heteroatoms. The first-order valence-electron chi connectivity index (χ1n) is 5.36. The molecule has 2 unspecified atom stereocenters. The van der Waals surface area contributed by atoms with Crippen molar-refractivity contribution in [1.29, 1.82) is 0 Å². The molecule has 5 nitrogen and oxygen atoms in total. The normalized spacial score (nSPS) is 15.3. The highest BCUT2D eigenvalue weighted by molar-refractivity contribution is 5.78. The number of aliphatic hydroxyl groups excluding tert-OH is 1. The van der Waals surface area contributed by atoms with Crippen LogP contribution in [0.5, 0.6) is 0 Å². The predicted octanol–water partition coefficient (Wildman–Crippen LogP) is 0.763. The molecule has 3 N–H and O–H groups in total. The first-order chi connectivity index (χ1) is 7.15. The van der Waals surface area contributed by atoms with Crippen LogP contribution in [-0.2, 0) is 9.59 Å². The van der Waals surface area contributed by atoms with Crippen LogP contribution in [0.15, 0.2) is 0 Å². The van der Waals surface area contributed by atoms with Gasteiger partial charge in [-0.3, -0.25) is 9.59 Å². The van der Waals surface area contributed by atoms with Crippen molar-refractivity contribution in [2.45, 2.75) is 52.2 Å². The summed E-state index contributed by atoms with van der Waals surface area (Å²) in [5, 5.41) is 20.6. The fraction of sp³-hybridized carbons (Fsp3) is 0.818. The molecule has 0 aromatic carbocycles. The molecule has 0 spiro atoms. The number of carbonyl (C=O) groups is 2. The van der Waals surface area contributed by atoms with Gasteiger partial charge in [-0.2, -0.15) is 0 Å². The maximum Gasteiger partial charge on any atom is 0.303 e. The summed E-state index contributed by atoms with van der Waals surface area (Å²) in [6.45, 7) is 6.75. The van der Waals surface area contributed by atoms with E-state index in [1.165, 1.54) is 0 Å². The van der Waals surface area contributed by atoms with Crippen LogP contribution in [0.25, 0.3) is 0 Å². The van der Waals surface area contributed by atoms with E-state index in [1.54, 1.807) is 27.7 Å². The number of carboxylic acids is 1. The molecule has 0 aliphatic rings. The molecule has 16 heavy (non-hydrogen) atoms. The van der Waals surface area contributed by atoms with Crippen LogP contribution in [-0.4, -0.2) is 33.7 Å². The lowest BCUT2D eigenvalue weighted by Gasteiger charge is -2.29. The molecule has 0 heterocycles. The fourth-order valence-corrected chi connectivity index (χ4v) is 1.20. The van der Waals surface area contributed by atoms with Crippen LogP contribution in [0.3, 0.4) is 0 Å². The summed E-state index contributed by atoms with van der Waals surface area (Å²) in [5.74, 6) is -1.35. The van der Waals surface area contributed by atoms with Crippen LogP contribution < -0.4 is 5.32 Å². The molecule has 0 aromatic rings. The Balaban J connectivity index is 4.13. The Bertz CT molecular complexity index is 261. The number of carbonyl (C=O) groups excluding carboxylic acids is 1. The minimum atomic E-state index is -0.907. The van der Waals surface area contributed by atoms with E-state index >= 15 is 0 Å². The van der Waals surface area contributed by atoms with E-state index in [1.807, 2.05) is 0 Å². The van der Waals surface area contributed by atoms with Gasteiger partial charge in [0.15, 0.2) is 0 Å². The largest absolute Gasteiger partial charge is 0.481 e. The lowest BCUT2D eigenvalue weighted by molar-refractivity contribution is -0.138. The Morgan fingerprint density at radius 2 is 1.75 bits per heavy atom. The monoisotopic (exact) mass is 231 g/mol. The van der Waals surface area contributed by atoms with Crippen molar-refractivity contribution in [3.8, 4) is 0 Å². The van der Waals surface area contributed by atoms with E-state index in [-0.39, 0.29) is 24.7 Å². The number of hydrogen-bond acceptors (Lipinski definition) is 3. The summed E-state index contributed by atoms with van der Waals surface area (Å²) in [5.41, 5.74) is -0.694. The minimum Gasteiger partial charge on any atom is -0.481 e. The van der Waals surface area contributed by atoms with Gasteiger partial charge in [-0.25, -0.2) is 0 Å². The third kappa shape index (κ3) is 5.70. The predicted molar refractivity (Wildman–Crippen MR) is 59.9 cm³/mol. The van der Waals surface area contributed by atoms with Gasteiger partial charge in [-0.05, 0) is 26.7 Å². The Morgan fingerprint density at radius 1 is 1.25 bits per heavy atom. The van der Waals surface area contributed by atoms with Gasteiger partial charge in [0.05, 0.1) is 11.6 Å². The summed E-state index contributed by atoms with van der Waals surface area (Å²) < 4.78 is 0. The molecule has 0 aliphatic heterocycles. The van der Waals surface area contributed by atoms with E-state index in [0.29, 0.717) is 0 Å². The quantitative estimate of drug-likeness (QED) is 0.630. The molecular weight excluding hydrogens is 210 g/mol. The number of amides is 1. The van der Waals surface area contributed by atoms with Crippen molar-refractivity contribution in [1.82, 2.24) is 5.32 Å².